The van der Waals surface area contributed by atoms with Gasteiger partial charge in [0.1, 0.15) is 11.1 Å². The summed E-state index contributed by atoms with van der Waals surface area (Å²) in [4.78, 5) is 1.85. The molecule has 0 spiro atoms. The lowest BCUT2D eigenvalue weighted by atomic mass is 10.0. The Morgan fingerprint density at radius 3 is 2.79 bits per heavy atom. The molecule has 0 unspecified atom stereocenters. The number of alkyl halides is 3. The molecule has 0 aromatic heterocycles. The van der Waals surface area contributed by atoms with Crippen molar-refractivity contribution in [2.75, 3.05) is 25.5 Å². The Labute approximate surface area is 139 Å². The molecule has 132 valence electrons. The summed E-state index contributed by atoms with van der Waals surface area (Å²) in [5.41, 5.74) is 0.665. The molecule has 2 atom stereocenters. The Morgan fingerprint density at radius 2 is 2.12 bits per heavy atom. The van der Waals surface area contributed by atoms with Gasteiger partial charge in [0.25, 0.3) is 0 Å². The number of allylic oxidation sites excluding steroid dienone is 1. The second kappa shape index (κ2) is 6.40. The van der Waals surface area contributed by atoms with E-state index in [2.05, 4.69) is 5.32 Å². The zero-order valence-electron chi connectivity index (χ0n) is 13.2. The van der Waals surface area contributed by atoms with Crippen molar-refractivity contribution in [1.82, 2.24) is 4.90 Å². The van der Waals surface area contributed by atoms with Gasteiger partial charge in [-0.15, -0.1) is 0 Å². The highest BCUT2D eigenvalue weighted by molar-refractivity contribution is 7.95. The van der Waals surface area contributed by atoms with Crippen molar-refractivity contribution >= 4 is 21.1 Å². The monoisotopic (exact) mass is 360 g/mol. The summed E-state index contributed by atoms with van der Waals surface area (Å²) in [7, 11) is -1.97. The molecule has 2 aliphatic heterocycles. The van der Waals surface area contributed by atoms with Crippen molar-refractivity contribution in [3.63, 3.8) is 0 Å². The number of anilines is 1. The van der Waals surface area contributed by atoms with Crippen LogP contribution in [0.1, 0.15) is 18.4 Å². The number of rotatable bonds is 4. The number of piperidine rings is 1. The van der Waals surface area contributed by atoms with Crippen LogP contribution >= 0.6 is 0 Å². The maximum atomic E-state index is 14.2. The highest BCUT2D eigenvalue weighted by Crippen LogP contribution is 2.41. The van der Waals surface area contributed by atoms with Crippen molar-refractivity contribution in [3.8, 4) is 0 Å². The third-order valence-corrected chi connectivity index (χ3v) is 6.01. The van der Waals surface area contributed by atoms with Crippen molar-refractivity contribution in [2.24, 2.45) is 0 Å². The normalized spacial score (nSPS) is 26.3. The fraction of sp³-hybridized carbons (Fsp3) is 0.500. The molecule has 24 heavy (non-hydrogen) atoms. The first kappa shape index (κ1) is 17.3. The molecule has 1 aromatic carbocycles. The van der Waals surface area contributed by atoms with Crippen LogP contribution in [0, 0.1) is 0 Å². The van der Waals surface area contributed by atoms with Gasteiger partial charge in [0.05, 0.1) is 11.7 Å². The van der Waals surface area contributed by atoms with Crippen molar-refractivity contribution < 1.29 is 21.6 Å². The summed E-state index contributed by atoms with van der Waals surface area (Å²) in [6, 6.07) is 4.17. The van der Waals surface area contributed by atoms with Crippen molar-refractivity contribution in [1.29, 1.82) is 0 Å². The first-order valence-corrected chi connectivity index (χ1v) is 9.29. The van der Waals surface area contributed by atoms with Crippen LogP contribution in [0.3, 0.4) is 0 Å². The zero-order valence-corrected chi connectivity index (χ0v) is 14.0. The maximum absolute atomic E-state index is 14.2. The summed E-state index contributed by atoms with van der Waals surface area (Å²) in [5.74, 6) is 0. The standard InChI is InChI=1S/C16H19F3N2O2S/c1-21-6-5-13(12(17)8-21)20-14-4-2-3-11-10(7-15(18)19)9-24(22,23)16(11)14/h2-4,9,12-13,15,20H,5-8H2,1H3/t12-,13-/m1/s1. The Morgan fingerprint density at radius 1 is 1.38 bits per heavy atom. The van der Waals surface area contributed by atoms with Gasteiger partial charge in [-0.2, -0.15) is 0 Å². The minimum Gasteiger partial charge on any atom is -0.378 e. The predicted molar refractivity (Wildman–Crippen MR) is 86.6 cm³/mol. The molecule has 2 aliphatic rings. The van der Waals surface area contributed by atoms with Gasteiger partial charge in [0.15, 0.2) is 0 Å². The maximum Gasteiger partial charge on any atom is 0.242 e. The smallest absolute Gasteiger partial charge is 0.242 e. The van der Waals surface area contributed by atoms with Crippen LogP contribution in [-0.2, 0) is 9.84 Å². The number of hydrogen-bond acceptors (Lipinski definition) is 4. The summed E-state index contributed by atoms with van der Waals surface area (Å²) in [5, 5.41) is 3.88. The topological polar surface area (TPSA) is 49.4 Å². The van der Waals surface area contributed by atoms with E-state index in [-0.39, 0.29) is 28.3 Å². The predicted octanol–water partition coefficient (Wildman–Crippen LogP) is 2.92. The van der Waals surface area contributed by atoms with E-state index in [0.717, 1.165) is 5.41 Å². The number of sulfone groups is 1. The van der Waals surface area contributed by atoms with E-state index in [1.54, 1.807) is 12.1 Å². The number of benzene rings is 1. The van der Waals surface area contributed by atoms with Crippen LogP contribution in [0.15, 0.2) is 28.5 Å². The van der Waals surface area contributed by atoms with Gasteiger partial charge in [-0.25, -0.2) is 21.6 Å². The summed E-state index contributed by atoms with van der Waals surface area (Å²) >= 11 is 0. The molecular formula is C16H19F3N2O2S. The summed E-state index contributed by atoms with van der Waals surface area (Å²) in [6.45, 7) is 0.975. The van der Waals surface area contributed by atoms with E-state index in [0.29, 0.717) is 13.0 Å². The Balaban J connectivity index is 1.92. The number of likely N-dealkylation sites (tertiary alicyclic amines) is 1. The molecule has 8 heteroatoms. The Kier molecular flexibility index (Phi) is 4.61. The highest BCUT2D eigenvalue weighted by Gasteiger charge is 2.33. The van der Waals surface area contributed by atoms with E-state index in [9.17, 15) is 21.6 Å². The largest absolute Gasteiger partial charge is 0.378 e. The molecule has 4 nitrogen and oxygen atoms in total. The minimum atomic E-state index is -3.80. The molecule has 1 saturated heterocycles. The lowest BCUT2D eigenvalue weighted by Crippen LogP contribution is -2.46. The number of hydrogen-bond donors (Lipinski definition) is 1. The van der Waals surface area contributed by atoms with E-state index in [4.69, 9.17) is 0 Å². The van der Waals surface area contributed by atoms with Crippen LogP contribution in [0.5, 0.6) is 0 Å². The molecule has 1 N–H and O–H groups in total. The van der Waals surface area contributed by atoms with E-state index in [1.165, 1.54) is 6.07 Å². The fourth-order valence-corrected chi connectivity index (χ4v) is 4.92. The van der Waals surface area contributed by atoms with Gasteiger partial charge in [0.2, 0.25) is 16.3 Å². The van der Waals surface area contributed by atoms with E-state index in [1.807, 2.05) is 11.9 Å². The molecule has 0 aliphatic carbocycles. The van der Waals surface area contributed by atoms with Crippen molar-refractivity contribution in [2.45, 2.75) is 36.4 Å². The first-order chi connectivity index (χ1) is 11.3. The van der Waals surface area contributed by atoms with Gasteiger partial charge in [0, 0.05) is 24.9 Å². The number of nitrogens with one attached hydrogen (secondary N) is 1. The summed E-state index contributed by atoms with van der Waals surface area (Å²) in [6.07, 6.45) is -3.83. The molecule has 2 heterocycles. The molecule has 1 aromatic rings. The first-order valence-electron chi connectivity index (χ1n) is 7.74. The number of fused-ring (bicyclic) bond motifs is 1. The second-order valence-corrected chi connectivity index (χ2v) is 8.02. The Hall–Kier alpha value is -1.54. The van der Waals surface area contributed by atoms with Gasteiger partial charge in [-0.05, 0) is 30.7 Å². The molecule has 0 amide bonds. The van der Waals surface area contributed by atoms with Gasteiger partial charge < -0.3 is 10.2 Å². The molecule has 0 bridgehead atoms. The average Bonchev–Trinajstić information content (AvgIpc) is 2.73. The van der Waals surface area contributed by atoms with Gasteiger partial charge in [-0.1, -0.05) is 12.1 Å². The third-order valence-electron chi connectivity index (χ3n) is 4.40. The van der Waals surface area contributed by atoms with Crippen LogP contribution < -0.4 is 5.32 Å². The molecule has 0 radical (unpaired) electrons. The fourth-order valence-electron chi connectivity index (χ4n) is 3.26. The van der Waals surface area contributed by atoms with Crippen molar-refractivity contribution in [3.05, 3.63) is 29.2 Å². The van der Waals surface area contributed by atoms with E-state index >= 15 is 0 Å². The van der Waals surface area contributed by atoms with Crippen LogP contribution in [0.25, 0.3) is 5.57 Å². The van der Waals surface area contributed by atoms with Gasteiger partial charge >= 0.3 is 0 Å². The Bertz CT molecular complexity index is 765. The van der Waals surface area contributed by atoms with Crippen LogP contribution in [0.4, 0.5) is 18.9 Å². The SMILES string of the molecule is CN1CC[C@@H](Nc2cccc3c2S(=O)(=O)C=C3CC(F)F)[C@H](F)C1. The second-order valence-electron chi connectivity index (χ2n) is 6.28. The molecule has 0 saturated carbocycles. The molecule has 3 rings (SSSR count). The molecular weight excluding hydrogens is 341 g/mol. The van der Waals surface area contributed by atoms with E-state index < -0.39 is 34.9 Å². The van der Waals surface area contributed by atoms with Gasteiger partial charge in [-0.3, -0.25) is 0 Å². The third kappa shape index (κ3) is 3.30. The quantitative estimate of drug-likeness (QED) is 0.897. The number of nitrogens with zero attached hydrogens (tertiary/aromatic N) is 1. The van der Waals surface area contributed by atoms with Crippen LogP contribution in [0.2, 0.25) is 0 Å². The highest BCUT2D eigenvalue weighted by atomic mass is 32.2. The van der Waals surface area contributed by atoms with Crippen LogP contribution in [-0.4, -0.2) is 52.1 Å². The average molecular weight is 360 g/mol. The molecule has 1 fully saturated rings. The zero-order chi connectivity index (χ0) is 17.5. The lowest BCUT2D eigenvalue weighted by Gasteiger charge is -2.33. The lowest BCUT2D eigenvalue weighted by molar-refractivity contribution is 0.149. The summed E-state index contributed by atoms with van der Waals surface area (Å²) < 4.78 is 64.3. The number of halogens is 3. The minimum absolute atomic E-state index is 0.0215.